The summed E-state index contributed by atoms with van der Waals surface area (Å²) < 4.78 is 7.22. The Morgan fingerprint density at radius 1 is 1.19 bits per heavy atom. The van der Waals surface area contributed by atoms with Crippen molar-refractivity contribution >= 4 is 23.4 Å². The Kier molecular flexibility index (Phi) is 5.18. The molecule has 26 heavy (non-hydrogen) atoms. The molecule has 7 heteroatoms. The van der Waals surface area contributed by atoms with Gasteiger partial charge in [0.2, 0.25) is 5.91 Å². The fourth-order valence-electron chi connectivity index (χ4n) is 2.72. The number of hydrogen-bond donors (Lipinski definition) is 1. The highest BCUT2D eigenvalue weighted by atomic mass is 32.2. The van der Waals surface area contributed by atoms with Crippen molar-refractivity contribution in [1.82, 2.24) is 14.8 Å². The molecule has 0 aliphatic carbocycles. The highest BCUT2D eigenvalue weighted by Gasteiger charge is 2.21. The first-order chi connectivity index (χ1) is 12.4. The monoisotopic (exact) mass is 370 g/mol. The van der Waals surface area contributed by atoms with Gasteiger partial charge < -0.3 is 14.3 Å². The molecule has 0 aliphatic heterocycles. The maximum atomic E-state index is 12.6. The number of rotatable bonds is 5. The zero-order valence-corrected chi connectivity index (χ0v) is 16.3. The number of furan rings is 1. The number of para-hydroxylation sites is 1. The van der Waals surface area contributed by atoms with E-state index in [2.05, 4.69) is 15.5 Å². The van der Waals surface area contributed by atoms with Gasteiger partial charge in [-0.2, -0.15) is 0 Å². The van der Waals surface area contributed by atoms with Gasteiger partial charge in [0.1, 0.15) is 5.76 Å². The Morgan fingerprint density at radius 3 is 2.50 bits per heavy atom. The molecular formula is C19H22N4O2S. The van der Waals surface area contributed by atoms with Crippen LogP contribution in [0, 0.1) is 20.8 Å². The molecule has 0 saturated carbocycles. The van der Waals surface area contributed by atoms with E-state index in [-0.39, 0.29) is 11.2 Å². The Balaban J connectivity index is 1.74. The van der Waals surface area contributed by atoms with Crippen LogP contribution in [-0.4, -0.2) is 25.9 Å². The summed E-state index contributed by atoms with van der Waals surface area (Å²) in [5.74, 6) is 1.45. The minimum Gasteiger partial charge on any atom is -0.469 e. The summed E-state index contributed by atoms with van der Waals surface area (Å²) in [5, 5.41) is 11.9. The summed E-state index contributed by atoms with van der Waals surface area (Å²) in [5.41, 5.74) is 3.87. The third-order valence-corrected chi connectivity index (χ3v) is 5.45. The third kappa shape index (κ3) is 3.53. The number of nitrogens with one attached hydrogen (secondary N) is 1. The maximum Gasteiger partial charge on any atom is 0.237 e. The smallest absolute Gasteiger partial charge is 0.237 e. The van der Waals surface area contributed by atoms with Crippen molar-refractivity contribution in [1.29, 1.82) is 0 Å². The largest absolute Gasteiger partial charge is 0.469 e. The summed E-state index contributed by atoms with van der Waals surface area (Å²) in [6, 6.07) is 7.83. The molecule has 0 fully saturated rings. The number of aromatic nitrogens is 3. The fourth-order valence-corrected chi connectivity index (χ4v) is 3.53. The lowest BCUT2D eigenvalue weighted by Gasteiger charge is -2.15. The number of carbonyl (C=O) groups is 1. The van der Waals surface area contributed by atoms with Gasteiger partial charge in [0.25, 0.3) is 0 Å². The molecule has 6 nitrogen and oxygen atoms in total. The fraction of sp³-hybridized carbons (Fsp3) is 0.316. The Morgan fingerprint density at radius 2 is 1.88 bits per heavy atom. The number of nitrogens with zero attached hydrogens (tertiary/aromatic N) is 3. The van der Waals surface area contributed by atoms with Crippen molar-refractivity contribution in [3.63, 3.8) is 0 Å². The zero-order valence-electron chi connectivity index (χ0n) is 15.5. The van der Waals surface area contributed by atoms with Gasteiger partial charge in [-0.05, 0) is 44.9 Å². The number of carbonyl (C=O) groups excluding carboxylic acids is 1. The van der Waals surface area contributed by atoms with E-state index in [9.17, 15) is 4.79 Å². The Bertz CT molecular complexity index is 925. The second-order valence-electron chi connectivity index (χ2n) is 6.27. The molecule has 3 rings (SSSR count). The van der Waals surface area contributed by atoms with Gasteiger partial charge in [0.15, 0.2) is 11.0 Å². The van der Waals surface area contributed by atoms with Gasteiger partial charge in [-0.1, -0.05) is 30.0 Å². The topological polar surface area (TPSA) is 73.0 Å². The van der Waals surface area contributed by atoms with Gasteiger partial charge in [-0.25, -0.2) is 0 Å². The van der Waals surface area contributed by atoms with Crippen molar-refractivity contribution in [3.8, 4) is 11.4 Å². The molecule has 2 aromatic heterocycles. The molecule has 1 amide bonds. The maximum absolute atomic E-state index is 12.6. The van der Waals surface area contributed by atoms with Crippen molar-refractivity contribution in [2.24, 2.45) is 7.05 Å². The first kappa shape index (κ1) is 18.3. The van der Waals surface area contributed by atoms with Crippen LogP contribution in [0.1, 0.15) is 23.8 Å². The van der Waals surface area contributed by atoms with Crippen LogP contribution in [0.2, 0.25) is 0 Å². The highest BCUT2D eigenvalue weighted by Crippen LogP contribution is 2.29. The number of aryl methyl sites for hydroxylation is 3. The predicted octanol–water partition coefficient (Wildman–Crippen LogP) is 4.12. The molecule has 1 atom stereocenters. The van der Waals surface area contributed by atoms with E-state index < -0.39 is 0 Å². The van der Waals surface area contributed by atoms with Crippen molar-refractivity contribution < 1.29 is 9.21 Å². The van der Waals surface area contributed by atoms with Crippen LogP contribution in [-0.2, 0) is 11.8 Å². The van der Waals surface area contributed by atoms with Crippen LogP contribution in [0.4, 0.5) is 5.69 Å². The summed E-state index contributed by atoms with van der Waals surface area (Å²) in [4.78, 5) is 12.6. The van der Waals surface area contributed by atoms with E-state index in [1.54, 1.807) is 6.26 Å². The van der Waals surface area contributed by atoms with Crippen molar-refractivity contribution in [3.05, 3.63) is 47.4 Å². The highest BCUT2D eigenvalue weighted by molar-refractivity contribution is 8.00. The molecule has 0 radical (unpaired) electrons. The molecule has 0 unspecified atom stereocenters. The van der Waals surface area contributed by atoms with Crippen LogP contribution in [0.15, 0.2) is 40.1 Å². The molecule has 0 saturated heterocycles. The predicted molar refractivity (Wildman–Crippen MR) is 103 cm³/mol. The van der Waals surface area contributed by atoms with Gasteiger partial charge in [-0.3, -0.25) is 4.79 Å². The standard InChI is InChI=1S/C19H22N4O2S/c1-11-7-6-8-12(2)16(11)20-18(24)14(4)26-19-22-21-17(23(19)5)15-9-10-25-13(15)3/h6-10,14H,1-5H3,(H,20,24)/t14-/m0/s1. The second kappa shape index (κ2) is 7.37. The summed E-state index contributed by atoms with van der Waals surface area (Å²) in [7, 11) is 1.89. The average Bonchev–Trinajstić information content (AvgIpc) is 3.17. The normalized spacial score (nSPS) is 12.2. The van der Waals surface area contributed by atoms with Gasteiger partial charge in [0, 0.05) is 12.7 Å². The van der Waals surface area contributed by atoms with Crippen LogP contribution >= 0.6 is 11.8 Å². The number of anilines is 1. The number of thioether (sulfide) groups is 1. The second-order valence-corrected chi connectivity index (χ2v) is 7.58. The van der Waals surface area contributed by atoms with Gasteiger partial charge >= 0.3 is 0 Å². The van der Waals surface area contributed by atoms with Gasteiger partial charge in [-0.15, -0.1) is 10.2 Å². The lowest BCUT2D eigenvalue weighted by molar-refractivity contribution is -0.115. The van der Waals surface area contributed by atoms with Crippen LogP contribution in [0.25, 0.3) is 11.4 Å². The average molecular weight is 370 g/mol. The lowest BCUT2D eigenvalue weighted by atomic mass is 10.1. The quantitative estimate of drug-likeness (QED) is 0.684. The Labute approximate surface area is 157 Å². The molecule has 1 N–H and O–H groups in total. The summed E-state index contributed by atoms with van der Waals surface area (Å²) in [6.45, 7) is 7.73. The minimum absolute atomic E-state index is 0.0589. The van der Waals surface area contributed by atoms with Gasteiger partial charge in [0.05, 0.1) is 17.1 Å². The molecule has 3 aromatic rings. The third-order valence-electron chi connectivity index (χ3n) is 4.32. The number of hydrogen-bond acceptors (Lipinski definition) is 5. The molecule has 0 aliphatic rings. The summed E-state index contributed by atoms with van der Waals surface area (Å²) >= 11 is 1.38. The van der Waals surface area contributed by atoms with E-state index in [1.807, 2.05) is 63.6 Å². The molecule has 0 spiro atoms. The first-order valence-corrected chi connectivity index (χ1v) is 9.24. The molecular weight excluding hydrogens is 348 g/mol. The molecule has 1 aromatic carbocycles. The first-order valence-electron chi connectivity index (χ1n) is 8.36. The molecule has 136 valence electrons. The van der Waals surface area contributed by atoms with E-state index in [0.717, 1.165) is 34.0 Å². The number of benzene rings is 1. The summed E-state index contributed by atoms with van der Waals surface area (Å²) in [6.07, 6.45) is 1.63. The van der Waals surface area contributed by atoms with Crippen molar-refractivity contribution in [2.45, 2.75) is 38.1 Å². The SMILES string of the molecule is Cc1cccc(C)c1NC(=O)[C@H](C)Sc1nnc(-c2ccoc2C)n1C. The van der Waals surface area contributed by atoms with Crippen LogP contribution in [0.5, 0.6) is 0 Å². The van der Waals surface area contributed by atoms with Crippen molar-refractivity contribution in [2.75, 3.05) is 5.32 Å². The van der Waals surface area contributed by atoms with E-state index >= 15 is 0 Å². The Hall–Kier alpha value is -2.54. The number of amides is 1. The molecule has 0 bridgehead atoms. The molecule has 2 heterocycles. The lowest BCUT2D eigenvalue weighted by Crippen LogP contribution is -2.23. The van der Waals surface area contributed by atoms with E-state index in [4.69, 9.17) is 4.42 Å². The van der Waals surface area contributed by atoms with E-state index in [0.29, 0.717) is 5.16 Å². The zero-order chi connectivity index (χ0) is 18.8. The minimum atomic E-state index is -0.310. The van der Waals surface area contributed by atoms with E-state index in [1.165, 1.54) is 11.8 Å². The van der Waals surface area contributed by atoms with Crippen LogP contribution in [0.3, 0.4) is 0 Å². The van der Waals surface area contributed by atoms with Crippen LogP contribution < -0.4 is 5.32 Å².